The van der Waals surface area contributed by atoms with Crippen LogP contribution >= 0.6 is 11.6 Å². The van der Waals surface area contributed by atoms with Gasteiger partial charge in [0, 0.05) is 28.4 Å². The minimum Gasteiger partial charge on any atom is -0.507 e. The molecule has 0 spiro atoms. The maximum Gasteiger partial charge on any atom is 0.128 e. The second-order valence-electron chi connectivity index (χ2n) is 6.69. The number of hydrogen-bond acceptors (Lipinski definition) is 4. The monoisotopic (exact) mass is 402 g/mol. The van der Waals surface area contributed by atoms with Crippen molar-refractivity contribution in [1.82, 2.24) is 9.97 Å². The van der Waals surface area contributed by atoms with Gasteiger partial charge in [-0.15, -0.1) is 0 Å². The van der Waals surface area contributed by atoms with Gasteiger partial charge in [-0.05, 0) is 47.9 Å². The van der Waals surface area contributed by atoms with E-state index in [0.29, 0.717) is 28.6 Å². The normalized spacial score (nSPS) is 10.7. The summed E-state index contributed by atoms with van der Waals surface area (Å²) in [5.41, 5.74) is 5.27. The van der Waals surface area contributed by atoms with Crippen LogP contribution in [0.15, 0.2) is 79.3 Å². The molecule has 0 fully saturated rings. The Labute approximate surface area is 174 Å². The molecule has 4 nitrogen and oxygen atoms in total. The molecule has 3 aromatic carbocycles. The van der Waals surface area contributed by atoms with Crippen LogP contribution in [-0.4, -0.2) is 15.1 Å². The summed E-state index contributed by atoms with van der Waals surface area (Å²) in [7, 11) is 0. The van der Waals surface area contributed by atoms with E-state index in [1.807, 2.05) is 67.6 Å². The predicted molar refractivity (Wildman–Crippen MR) is 115 cm³/mol. The van der Waals surface area contributed by atoms with Crippen LogP contribution in [0.4, 0.5) is 0 Å². The molecule has 1 heterocycles. The zero-order valence-electron chi connectivity index (χ0n) is 15.8. The van der Waals surface area contributed by atoms with Crippen LogP contribution < -0.4 is 4.74 Å². The van der Waals surface area contributed by atoms with Crippen LogP contribution in [0.25, 0.3) is 22.4 Å². The van der Waals surface area contributed by atoms with E-state index in [1.54, 1.807) is 12.3 Å². The fourth-order valence-corrected chi connectivity index (χ4v) is 3.25. The van der Waals surface area contributed by atoms with Gasteiger partial charge < -0.3 is 9.84 Å². The average molecular weight is 403 g/mol. The number of halogens is 1. The summed E-state index contributed by atoms with van der Waals surface area (Å²) >= 11 is 6.00. The lowest BCUT2D eigenvalue weighted by Crippen LogP contribution is -1.98. The SMILES string of the molecule is Cc1ccccc1COc1ccc(-c2ncncc2-c2ccc(Cl)cc2)c(O)c1. The number of rotatable bonds is 5. The van der Waals surface area contributed by atoms with Gasteiger partial charge in [0.2, 0.25) is 0 Å². The Morgan fingerprint density at radius 1 is 0.966 bits per heavy atom. The summed E-state index contributed by atoms with van der Waals surface area (Å²) in [5.74, 6) is 0.692. The summed E-state index contributed by atoms with van der Waals surface area (Å²) in [6.45, 7) is 2.49. The molecule has 0 atom stereocenters. The lowest BCUT2D eigenvalue weighted by molar-refractivity contribution is 0.303. The molecule has 0 saturated heterocycles. The minimum atomic E-state index is 0.0983. The average Bonchev–Trinajstić information content (AvgIpc) is 2.74. The quantitative estimate of drug-likeness (QED) is 0.441. The highest BCUT2D eigenvalue weighted by Crippen LogP contribution is 2.37. The first-order valence-electron chi connectivity index (χ1n) is 9.18. The molecule has 1 aromatic heterocycles. The largest absolute Gasteiger partial charge is 0.507 e. The van der Waals surface area contributed by atoms with Crippen LogP contribution in [0.3, 0.4) is 0 Å². The first kappa shape index (κ1) is 19.0. The first-order chi connectivity index (χ1) is 14.1. The van der Waals surface area contributed by atoms with Crippen LogP contribution in [0.5, 0.6) is 11.5 Å². The van der Waals surface area contributed by atoms with Gasteiger partial charge in [0.05, 0.1) is 5.69 Å². The number of hydrogen-bond donors (Lipinski definition) is 1. The van der Waals surface area contributed by atoms with Gasteiger partial charge in [0.15, 0.2) is 0 Å². The molecule has 5 heteroatoms. The molecular formula is C24H19ClN2O2. The predicted octanol–water partition coefficient (Wildman–Crippen LogP) is 6.06. The lowest BCUT2D eigenvalue weighted by Gasteiger charge is -2.12. The summed E-state index contributed by atoms with van der Waals surface area (Å²) in [4.78, 5) is 8.54. The highest BCUT2D eigenvalue weighted by Gasteiger charge is 2.14. The van der Waals surface area contributed by atoms with Crippen molar-refractivity contribution < 1.29 is 9.84 Å². The van der Waals surface area contributed by atoms with Gasteiger partial charge >= 0.3 is 0 Å². The number of ether oxygens (including phenoxy) is 1. The van der Waals surface area contributed by atoms with Crippen LogP contribution in [-0.2, 0) is 6.61 Å². The number of phenolic OH excluding ortho intramolecular Hbond substituents is 1. The standard InChI is InChI=1S/C24H19ClN2O2/c1-16-4-2-3-5-18(16)14-29-20-10-11-21(23(28)12-20)24-22(13-26-15-27-24)17-6-8-19(25)9-7-17/h2-13,15,28H,14H2,1H3. The van der Waals surface area contributed by atoms with Crippen LogP contribution in [0.1, 0.15) is 11.1 Å². The fraction of sp³-hybridized carbons (Fsp3) is 0.0833. The second-order valence-corrected chi connectivity index (χ2v) is 7.12. The summed E-state index contributed by atoms with van der Waals surface area (Å²) in [6.07, 6.45) is 3.20. The topological polar surface area (TPSA) is 55.2 Å². The van der Waals surface area contributed by atoms with Crippen molar-refractivity contribution in [3.63, 3.8) is 0 Å². The van der Waals surface area contributed by atoms with Crippen LogP contribution in [0, 0.1) is 6.92 Å². The Morgan fingerprint density at radius 3 is 2.52 bits per heavy atom. The number of phenols is 1. The summed E-state index contributed by atoms with van der Waals surface area (Å²) in [5, 5.41) is 11.3. The van der Waals surface area contributed by atoms with Crippen molar-refractivity contribution >= 4 is 11.6 Å². The van der Waals surface area contributed by atoms with Crippen molar-refractivity contribution in [2.75, 3.05) is 0 Å². The molecule has 0 radical (unpaired) electrons. The summed E-state index contributed by atoms with van der Waals surface area (Å²) < 4.78 is 5.87. The van der Waals surface area contributed by atoms with Gasteiger partial charge in [-0.25, -0.2) is 9.97 Å². The molecule has 1 N–H and O–H groups in total. The van der Waals surface area contributed by atoms with E-state index in [1.165, 1.54) is 11.9 Å². The highest BCUT2D eigenvalue weighted by atomic mass is 35.5. The van der Waals surface area contributed by atoms with E-state index in [9.17, 15) is 5.11 Å². The van der Waals surface area contributed by atoms with E-state index >= 15 is 0 Å². The molecular weight excluding hydrogens is 384 g/mol. The number of aryl methyl sites for hydroxylation is 1. The molecule has 4 aromatic rings. The van der Waals surface area contributed by atoms with Crippen molar-refractivity contribution in [3.05, 3.63) is 95.4 Å². The minimum absolute atomic E-state index is 0.0983. The molecule has 0 aliphatic rings. The van der Waals surface area contributed by atoms with Gasteiger partial charge in [0.1, 0.15) is 24.4 Å². The van der Waals surface area contributed by atoms with Crippen molar-refractivity contribution in [2.45, 2.75) is 13.5 Å². The Hall–Kier alpha value is -3.37. The molecule has 0 aliphatic carbocycles. The molecule has 0 amide bonds. The molecule has 4 rings (SSSR count). The third-order valence-electron chi connectivity index (χ3n) is 4.75. The third-order valence-corrected chi connectivity index (χ3v) is 5.00. The number of aromatic nitrogens is 2. The maximum absolute atomic E-state index is 10.7. The zero-order chi connectivity index (χ0) is 20.2. The van der Waals surface area contributed by atoms with Crippen LogP contribution in [0.2, 0.25) is 5.02 Å². The van der Waals surface area contributed by atoms with Gasteiger partial charge in [0.25, 0.3) is 0 Å². The van der Waals surface area contributed by atoms with Crippen molar-refractivity contribution in [1.29, 1.82) is 0 Å². The van der Waals surface area contributed by atoms with Crippen molar-refractivity contribution in [2.24, 2.45) is 0 Å². The third kappa shape index (κ3) is 4.23. The smallest absolute Gasteiger partial charge is 0.128 e. The molecule has 0 aliphatic heterocycles. The Kier molecular flexibility index (Phi) is 5.45. The van der Waals surface area contributed by atoms with E-state index in [-0.39, 0.29) is 5.75 Å². The number of benzene rings is 3. The Morgan fingerprint density at radius 2 is 1.76 bits per heavy atom. The molecule has 0 saturated carbocycles. The Balaban J connectivity index is 1.62. The first-order valence-corrected chi connectivity index (χ1v) is 9.56. The molecule has 144 valence electrons. The lowest BCUT2D eigenvalue weighted by atomic mass is 10.00. The molecule has 0 bridgehead atoms. The fourth-order valence-electron chi connectivity index (χ4n) is 3.12. The van der Waals surface area contributed by atoms with E-state index in [2.05, 4.69) is 9.97 Å². The molecule has 0 unspecified atom stereocenters. The van der Waals surface area contributed by atoms with Gasteiger partial charge in [-0.3, -0.25) is 0 Å². The summed E-state index contributed by atoms with van der Waals surface area (Å²) in [6, 6.07) is 20.8. The number of aromatic hydroxyl groups is 1. The highest BCUT2D eigenvalue weighted by molar-refractivity contribution is 6.30. The van der Waals surface area contributed by atoms with Crippen molar-refractivity contribution in [3.8, 4) is 33.9 Å². The number of nitrogens with zero attached hydrogens (tertiary/aromatic N) is 2. The zero-order valence-corrected chi connectivity index (χ0v) is 16.6. The van der Waals surface area contributed by atoms with E-state index in [0.717, 1.165) is 16.7 Å². The second kappa shape index (κ2) is 8.33. The Bertz CT molecular complexity index is 1140. The maximum atomic E-state index is 10.7. The van der Waals surface area contributed by atoms with Gasteiger partial charge in [-0.1, -0.05) is 48.0 Å². The van der Waals surface area contributed by atoms with Gasteiger partial charge in [-0.2, -0.15) is 0 Å². The van der Waals surface area contributed by atoms with E-state index in [4.69, 9.17) is 16.3 Å². The molecule has 29 heavy (non-hydrogen) atoms. The van der Waals surface area contributed by atoms with E-state index < -0.39 is 0 Å².